The van der Waals surface area contributed by atoms with Crippen molar-refractivity contribution in [1.29, 1.82) is 0 Å². The third-order valence-corrected chi connectivity index (χ3v) is 6.65. The van der Waals surface area contributed by atoms with Gasteiger partial charge in [-0.15, -0.1) is 0 Å². The number of fused-ring (bicyclic) bond motifs is 3. The summed E-state index contributed by atoms with van der Waals surface area (Å²) in [5, 5.41) is 10.9. The summed E-state index contributed by atoms with van der Waals surface area (Å²) in [6.07, 6.45) is 0.490. The zero-order valence-electron chi connectivity index (χ0n) is 21.8. The molecule has 1 N–H and O–H groups in total. The summed E-state index contributed by atoms with van der Waals surface area (Å²) < 4.78 is 35.2. The number of phenolic OH excluding ortho intramolecular Hbond substituents is 1. The van der Waals surface area contributed by atoms with Crippen molar-refractivity contribution in [2.45, 2.75) is 40.2 Å². The van der Waals surface area contributed by atoms with E-state index in [9.17, 15) is 5.11 Å². The molecule has 2 aromatic rings. The molecular formula is C27H38O7. The number of aromatic hydroxyl groups is 1. The third kappa shape index (κ3) is 4.45. The topological polar surface area (TPSA) is 75.6 Å². The van der Waals surface area contributed by atoms with Gasteiger partial charge in [0, 0.05) is 17.7 Å². The van der Waals surface area contributed by atoms with Gasteiger partial charge in [0.1, 0.15) is 0 Å². The molecule has 0 heterocycles. The van der Waals surface area contributed by atoms with E-state index in [1.165, 1.54) is 7.11 Å². The van der Waals surface area contributed by atoms with Crippen molar-refractivity contribution < 1.29 is 33.5 Å². The number of benzene rings is 2. The van der Waals surface area contributed by atoms with Crippen molar-refractivity contribution in [2.24, 2.45) is 17.8 Å². The fourth-order valence-electron chi connectivity index (χ4n) is 4.81. The smallest absolute Gasteiger partial charge is 0.203 e. The van der Waals surface area contributed by atoms with E-state index in [2.05, 4.69) is 27.7 Å². The van der Waals surface area contributed by atoms with E-state index >= 15 is 0 Å². The van der Waals surface area contributed by atoms with Gasteiger partial charge in [-0.1, -0.05) is 27.7 Å². The highest BCUT2D eigenvalue weighted by atomic mass is 16.5. The van der Waals surface area contributed by atoms with E-state index in [0.717, 1.165) is 28.7 Å². The fraction of sp³-hybridized carbons (Fsp3) is 0.556. The number of hydrogen-bond acceptors (Lipinski definition) is 7. The van der Waals surface area contributed by atoms with E-state index in [4.69, 9.17) is 28.4 Å². The van der Waals surface area contributed by atoms with Crippen LogP contribution < -0.4 is 23.7 Å². The van der Waals surface area contributed by atoms with E-state index in [0.29, 0.717) is 35.5 Å². The molecule has 34 heavy (non-hydrogen) atoms. The maximum atomic E-state index is 10.9. The van der Waals surface area contributed by atoms with E-state index in [1.54, 1.807) is 34.5 Å². The van der Waals surface area contributed by atoms with Crippen LogP contribution in [0.2, 0.25) is 0 Å². The summed E-state index contributed by atoms with van der Waals surface area (Å²) in [4.78, 5) is 0. The molecule has 1 aliphatic rings. The molecule has 0 fully saturated rings. The molecule has 7 heteroatoms. The van der Waals surface area contributed by atoms with Crippen LogP contribution >= 0.6 is 0 Å². The van der Waals surface area contributed by atoms with Gasteiger partial charge in [-0.2, -0.15) is 0 Å². The van der Waals surface area contributed by atoms with Gasteiger partial charge < -0.3 is 33.5 Å². The summed E-state index contributed by atoms with van der Waals surface area (Å²) in [6, 6.07) is 3.73. The molecule has 188 valence electrons. The Balaban J connectivity index is 2.50. The molecule has 0 unspecified atom stereocenters. The molecule has 0 bridgehead atoms. The first-order chi connectivity index (χ1) is 16.2. The number of hydrogen-bond donors (Lipinski definition) is 1. The van der Waals surface area contributed by atoms with Crippen LogP contribution in [0.3, 0.4) is 0 Å². The second-order valence-electron chi connectivity index (χ2n) is 9.29. The summed E-state index contributed by atoms with van der Waals surface area (Å²) in [5.41, 5.74) is 3.43. The predicted octanol–water partition coefficient (Wildman–Crippen LogP) is 5.64. The summed E-state index contributed by atoms with van der Waals surface area (Å²) in [7, 11) is 7.89. The Kier molecular flexibility index (Phi) is 8.08. The highest BCUT2D eigenvalue weighted by molar-refractivity contribution is 5.88. The van der Waals surface area contributed by atoms with Crippen molar-refractivity contribution in [3.8, 4) is 45.6 Å². The first kappa shape index (κ1) is 25.8. The molecule has 7 nitrogen and oxygen atoms in total. The maximum absolute atomic E-state index is 10.9. The van der Waals surface area contributed by atoms with Crippen LogP contribution in [0.1, 0.15) is 44.9 Å². The minimum atomic E-state index is -0.274. The van der Waals surface area contributed by atoms with Crippen LogP contribution in [0.4, 0.5) is 0 Å². The first-order valence-electron chi connectivity index (χ1n) is 11.6. The second kappa shape index (κ2) is 10.6. The van der Waals surface area contributed by atoms with Crippen LogP contribution in [0.15, 0.2) is 12.1 Å². The minimum Gasteiger partial charge on any atom is -0.504 e. The lowest BCUT2D eigenvalue weighted by Gasteiger charge is -2.36. The fourth-order valence-corrected chi connectivity index (χ4v) is 4.81. The SMILES string of the molecule is COc1cc2c(c(OC)c1OC)-c1c(cc(O)c(OC)c1OC)[C@@H](OCC(C)C)[C@H](C)[C@@H](C)C2. The minimum absolute atomic E-state index is 0.00216. The van der Waals surface area contributed by atoms with Gasteiger partial charge in [0.2, 0.25) is 11.5 Å². The molecule has 0 radical (unpaired) electrons. The van der Waals surface area contributed by atoms with E-state index < -0.39 is 0 Å². The normalized spacial score (nSPS) is 19.5. The van der Waals surface area contributed by atoms with Crippen molar-refractivity contribution in [1.82, 2.24) is 0 Å². The molecule has 2 aromatic carbocycles. The Labute approximate surface area is 202 Å². The predicted molar refractivity (Wildman–Crippen MR) is 132 cm³/mol. The van der Waals surface area contributed by atoms with Crippen LogP contribution in [-0.4, -0.2) is 47.3 Å². The summed E-state index contributed by atoms with van der Waals surface area (Å²) >= 11 is 0. The van der Waals surface area contributed by atoms with Crippen molar-refractivity contribution in [2.75, 3.05) is 42.2 Å². The van der Waals surface area contributed by atoms with Crippen molar-refractivity contribution >= 4 is 0 Å². The van der Waals surface area contributed by atoms with E-state index in [-0.39, 0.29) is 29.4 Å². The Bertz CT molecular complexity index is 1020. The van der Waals surface area contributed by atoms with Gasteiger partial charge in [0.25, 0.3) is 0 Å². The molecule has 3 atom stereocenters. The molecule has 0 spiro atoms. The maximum Gasteiger partial charge on any atom is 0.203 e. The molecule has 3 rings (SSSR count). The molecule has 1 aliphatic carbocycles. The zero-order chi connectivity index (χ0) is 25.2. The molecular weight excluding hydrogens is 436 g/mol. The lowest BCUT2D eigenvalue weighted by Crippen LogP contribution is -2.26. The number of methoxy groups -OCH3 is 5. The standard InChI is InChI=1S/C27H38O7/c1-14(2)13-34-23-16(4)15(3)10-17-11-20(29-5)25(31-7)26(32-8)21(17)22-18(23)12-19(28)24(30-6)27(22)33-9/h11-12,14-16,23,28H,10,13H2,1-9H3/t15-,16+,23-/m0/s1. The molecule has 0 saturated heterocycles. The van der Waals surface area contributed by atoms with Crippen LogP contribution in [0.5, 0.6) is 34.5 Å². The lowest BCUT2D eigenvalue weighted by molar-refractivity contribution is -0.0137. The van der Waals surface area contributed by atoms with Crippen LogP contribution in [-0.2, 0) is 11.2 Å². The molecule has 0 saturated carbocycles. The van der Waals surface area contributed by atoms with Gasteiger partial charge >= 0.3 is 0 Å². The zero-order valence-corrected chi connectivity index (χ0v) is 21.8. The quantitative estimate of drug-likeness (QED) is 0.530. The second-order valence-corrected chi connectivity index (χ2v) is 9.29. The van der Waals surface area contributed by atoms with Gasteiger partial charge in [-0.05, 0) is 47.4 Å². The third-order valence-electron chi connectivity index (χ3n) is 6.65. The molecule has 0 aromatic heterocycles. The van der Waals surface area contributed by atoms with Gasteiger partial charge in [-0.25, -0.2) is 0 Å². The average Bonchev–Trinajstić information content (AvgIpc) is 2.81. The monoisotopic (exact) mass is 474 g/mol. The van der Waals surface area contributed by atoms with Crippen molar-refractivity contribution in [3.63, 3.8) is 0 Å². The first-order valence-corrected chi connectivity index (χ1v) is 11.6. The lowest BCUT2D eigenvalue weighted by atomic mass is 9.75. The number of rotatable bonds is 8. The van der Waals surface area contributed by atoms with Crippen LogP contribution in [0.25, 0.3) is 11.1 Å². The summed E-state index contributed by atoms with van der Waals surface area (Å²) in [5.74, 6) is 3.08. The Morgan fingerprint density at radius 1 is 0.824 bits per heavy atom. The molecule has 0 amide bonds. The molecule has 0 aliphatic heterocycles. The summed E-state index contributed by atoms with van der Waals surface area (Å²) in [6.45, 7) is 9.25. The van der Waals surface area contributed by atoms with Gasteiger partial charge in [0.05, 0.1) is 41.7 Å². The van der Waals surface area contributed by atoms with E-state index in [1.807, 2.05) is 6.07 Å². The van der Waals surface area contributed by atoms with Crippen LogP contribution in [0, 0.1) is 17.8 Å². The largest absolute Gasteiger partial charge is 0.504 e. The number of phenols is 1. The van der Waals surface area contributed by atoms with Gasteiger partial charge in [0.15, 0.2) is 23.0 Å². The Morgan fingerprint density at radius 3 is 1.94 bits per heavy atom. The highest BCUT2D eigenvalue weighted by Gasteiger charge is 2.37. The average molecular weight is 475 g/mol. The Morgan fingerprint density at radius 2 is 1.41 bits per heavy atom. The Hall–Kier alpha value is -2.80. The highest BCUT2D eigenvalue weighted by Crippen LogP contribution is 2.57. The number of ether oxygens (including phenoxy) is 6. The van der Waals surface area contributed by atoms with Crippen molar-refractivity contribution in [3.05, 3.63) is 23.3 Å². The van der Waals surface area contributed by atoms with Gasteiger partial charge in [-0.3, -0.25) is 0 Å².